The van der Waals surface area contributed by atoms with Gasteiger partial charge in [0.25, 0.3) is 0 Å². The van der Waals surface area contributed by atoms with Gasteiger partial charge in [-0.15, -0.1) is 0 Å². The molecule has 0 aromatic carbocycles. The average Bonchev–Trinajstić information content (AvgIpc) is 2.76. The van der Waals surface area contributed by atoms with E-state index in [9.17, 15) is 0 Å². The van der Waals surface area contributed by atoms with Crippen molar-refractivity contribution in [3.63, 3.8) is 0 Å². The van der Waals surface area contributed by atoms with E-state index in [0.717, 1.165) is 32.3 Å². The van der Waals surface area contributed by atoms with Crippen molar-refractivity contribution in [3.05, 3.63) is 0 Å². The molecule has 0 aromatic heterocycles. The number of fused-ring (bicyclic) bond motifs is 2. The maximum absolute atomic E-state index is 6.31. The Kier molecular flexibility index (Phi) is 4.01. The van der Waals surface area contributed by atoms with Crippen LogP contribution in [0.15, 0.2) is 0 Å². The molecule has 0 unspecified atom stereocenters. The highest BCUT2D eigenvalue weighted by Crippen LogP contribution is 2.60. The van der Waals surface area contributed by atoms with Crippen LogP contribution in [-0.4, -0.2) is 30.6 Å². The first kappa shape index (κ1) is 16.3. The predicted molar refractivity (Wildman–Crippen MR) is 83.1 cm³/mol. The van der Waals surface area contributed by atoms with Gasteiger partial charge >= 0.3 is 0 Å². The van der Waals surface area contributed by atoms with Crippen LogP contribution in [0.1, 0.15) is 59.8 Å². The van der Waals surface area contributed by atoms with Crippen molar-refractivity contribution in [1.82, 2.24) is 0 Å². The van der Waals surface area contributed by atoms with E-state index in [0.29, 0.717) is 17.8 Å². The van der Waals surface area contributed by atoms with E-state index < -0.39 is 11.4 Å². The molecule has 0 aromatic rings. The summed E-state index contributed by atoms with van der Waals surface area (Å²) in [4.78, 5) is 11.9. The van der Waals surface area contributed by atoms with Crippen LogP contribution in [0.3, 0.4) is 0 Å². The van der Waals surface area contributed by atoms with Crippen molar-refractivity contribution in [3.8, 4) is 0 Å². The molecule has 1 spiro atoms. The van der Waals surface area contributed by atoms with Gasteiger partial charge in [-0.25, -0.2) is 9.78 Å². The second-order valence-corrected chi connectivity index (χ2v) is 8.14. The Morgan fingerprint density at radius 1 is 1.09 bits per heavy atom. The fraction of sp³-hybridized carbons (Fsp3) is 1.00. The molecule has 1 saturated carbocycles. The van der Waals surface area contributed by atoms with Crippen LogP contribution in [0.5, 0.6) is 0 Å². The molecule has 23 heavy (non-hydrogen) atoms. The smallest absolute Gasteiger partial charge is 0.201 e. The molecule has 2 bridgehead atoms. The van der Waals surface area contributed by atoms with E-state index in [1.807, 2.05) is 6.92 Å². The van der Waals surface area contributed by atoms with Gasteiger partial charge in [0.2, 0.25) is 5.79 Å². The first-order valence-corrected chi connectivity index (χ1v) is 9.32. The zero-order valence-electron chi connectivity index (χ0n) is 14.7. The number of hydrogen-bond donors (Lipinski definition) is 0. The standard InChI is InChI=1S/C18H30O5/c1-5-10-19-15-12(3)14-7-6-11(2)13-8-9-17(4)21-16(20-15)18(13,14)23-22-17/h11-16H,5-10H2,1-4H3/t11-,12-,13+,14+,15+,16+,17-,18-/m1/s1. The van der Waals surface area contributed by atoms with E-state index in [4.69, 9.17) is 24.0 Å². The van der Waals surface area contributed by atoms with E-state index in [2.05, 4.69) is 20.8 Å². The minimum atomic E-state index is -0.701. The third kappa shape index (κ3) is 2.31. The Balaban J connectivity index is 1.70. The van der Waals surface area contributed by atoms with Crippen LogP contribution in [0.25, 0.3) is 0 Å². The Hall–Kier alpha value is -0.200. The summed E-state index contributed by atoms with van der Waals surface area (Å²) >= 11 is 0. The lowest BCUT2D eigenvalue weighted by Gasteiger charge is -2.60. The molecule has 4 heterocycles. The molecule has 1 aliphatic carbocycles. The first-order chi connectivity index (χ1) is 11.0. The number of hydrogen-bond acceptors (Lipinski definition) is 5. The Labute approximate surface area is 138 Å². The summed E-state index contributed by atoms with van der Waals surface area (Å²) in [5.74, 6) is 0.956. The van der Waals surface area contributed by atoms with Crippen molar-refractivity contribution in [2.45, 2.75) is 83.8 Å². The Morgan fingerprint density at radius 3 is 2.70 bits per heavy atom. The van der Waals surface area contributed by atoms with Crippen LogP contribution in [0.2, 0.25) is 0 Å². The van der Waals surface area contributed by atoms with Crippen LogP contribution >= 0.6 is 0 Å². The lowest BCUT2D eigenvalue weighted by atomic mass is 9.58. The van der Waals surface area contributed by atoms with Gasteiger partial charge in [0.15, 0.2) is 18.2 Å². The van der Waals surface area contributed by atoms with Crippen molar-refractivity contribution in [2.24, 2.45) is 23.7 Å². The first-order valence-electron chi connectivity index (χ1n) is 9.32. The highest BCUT2D eigenvalue weighted by Gasteiger charge is 2.69. The highest BCUT2D eigenvalue weighted by atomic mass is 17.3. The number of ether oxygens (including phenoxy) is 3. The minimum Gasteiger partial charge on any atom is -0.352 e. The van der Waals surface area contributed by atoms with E-state index in [1.54, 1.807) is 0 Å². The predicted octanol–water partition coefficient (Wildman–Crippen LogP) is 3.62. The fourth-order valence-electron chi connectivity index (χ4n) is 5.30. The van der Waals surface area contributed by atoms with Crippen molar-refractivity contribution in [2.75, 3.05) is 6.61 Å². The lowest BCUT2D eigenvalue weighted by Crippen LogP contribution is -2.70. The minimum absolute atomic E-state index is 0.212. The Bertz CT molecular complexity index is 457. The third-order valence-corrected chi connectivity index (χ3v) is 6.58. The normalized spacial score (nSPS) is 55.3. The van der Waals surface area contributed by atoms with E-state index >= 15 is 0 Å². The van der Waals surface area contributed by atoms with Gasteiger partial charge in [-0.3, -0.25) is 0 Å². The van der Waals surface area contributed by atoms with Gasteiger partial charge in [-0.1, -0.05) is 20.8 Å². The van der Waals surface area contributed by atoms with Crippen molar-refractivity contribution < 1.29 is 24.0 Å². The van der Waals surface area contributed by atoms with Crippen molar-refractivity contribution in [1.29, 1.82) is 0 Å². The summed E-state index contributed by atoms with van der Waals surface area (Å²) in [7, 11) is 0. The van der Waals surface area contributed by atoms with Crippen LogP contribution in [-0.2, 0) is 24.0 Å². The average molecular weight is 326 g/mol. The molecule has 5 nitrogen and oxygen atoms in total. The summed E-state index contributed by atoms with van der Waals surface area (Å²) < 4.78 is 18.6. The Morgan fingerprint density at radius 2 is 1.91 bits per heavy atom. The van der Waals surface area contributed by atoms with Crippen LogP contribution in [0.4, 0.5) is 0 Å². The zero-order valence-corrected chi connectivity index (χ0v) is 14.7. The van der Waals surface area contributed by atoms with E-state index in [1.165, 1.54) is 6.42 Å². The summed E-state index contributed by atoms with van der Waals surface area (Å²) in [6, 6.07) is 0. The van der Waals surface area contributed by atoms with Crippen LogP contribution in [0, 0.1) is 23.7 Å². The summed E-state index contributed by atoms with van der Waals surface area (Å²) in [6.07, 6.45) is 4.66. The largest absolute Gasteiger partial charge is 0.352 e. The monoisotopic (exact) mass is 326 g/mol. The summed E-state index contributed by atoms with van der Waals surface area (Å²) in [6.45, 7) is 9.36. The molecule has 5 aliphatic rings. The molecule has 0 amide bonds. The SMILES string of the molecule is CCCO[C@H]1O[C@H]2O[C@@]3(C)CC[C@H]4[C@H](C)CC[C@@H]([C@H]1C)[C@@]24OO3. The molecule has 132 valence electrons. The van der Waals surface area contributed by atoms with E-state index in [-0.39, 0.29) is 18.5 Å². The maximum Gasteiger partial charge on any atom is 0.201 e. The van der Waals surface area contributed by atoms with Crippen molar-refractivity contribution >= 4 is 0 Å². The van der Waals surface area contributed by atoms with Gasteiger partial charge in [-0.2, -0.15) is 0 Å². The second-order valence-electron chi connectivity index (χ2n) is 8.14. The highest BCUT2D eigenvalue weighted by molar-refractivity contribution is 5.09. The summed E-state index contributed by atoms with van der Waals surface area (Å²) in [5.41, 5.74) is -0.473. The quantitative estimate of drug-likeness (QED) is 0.741. The molecule has 5 rings (SSSR count). The van der Waals surface area contributed by atoms with Gasteiger partial charge in [-0.05, 0) is 44.4 Å². The maximum atomic E-state index is 6.31. The molecule has 8 atom stereocenters. The zero-order chi connectivity index (χ0) is 16.2. The number of rotatable bonds is 3. The molecular formula is C18H30O5. The molecule has 5 heteroatoms. The molecule has 4 aliphatic heterocycles. The van der Waals surface area contributed by atoms with Gasteiger partial charge in [0, 0.05) is 24.9 Å². The van der Waals surface area contributed by atoms with Gasteiger partial charge in [0.1, 0.15) is 0 Å². The molecule has 5 fully saturated rings. The lowest BCUT2D eigenvalue weighted by molar-refractivity contribution is -0.577. The third-order valence-electron chi connectivity index (χ3n) is 6.58. The topological polar surface area (TPSA) is 46.2 Å². The fourth-order valence-corrected chi connectivity index (χ4v) is 5.30. The molecule has 4 saturated heterocycles. The molecular weight excluding hydrogens is 296 g/mol. The summed E-state index contributed by atoms with van der Waals surface area (Å²) in [5, 5.41) is 0. The van der Waals surface area contributed by atoms with Crippen LogP contribution < -0.4 is 0 Å². The van der Waals surface area contributed by atoms with Gasteiger partial charge < -0.3 is 14.2 Å². The second kappa shape index (κ2) is 5.67. The van der Waals surface area contributed by atoms with Gasteiger partial charge in [0.05, 0.1) is 0 Å². The molecule has 0 N–H and O–H groups in total. The molecule has 0 radical (unpaired) electrons.